The van der Waals surface area contributed by atoms with Gasteiger partial charge in [-0.3, -0.25) is 0 Å². The van der Waals surface area contributed by atoms with Gasteiger partial charge in [-0.2, -0.15) is 0 Å². The van der Waals surface area contributed by atoms with Crippen molar-refractivity contribution in [1.29, 1.82) is 0 Å². The predicted octanol–water partition coefficient (Wildman–Crippen LogP) is 4.41. The van der Waals surface area contributed by atoms with Crippen molar-refractivity contribution in [2.24, 2.45) is 5.92 Å². The molecule has 1 heteroatoms. The summed E-state index contributed by atoms with van der Waals surface area (Å²) in [5.74, 6) is 1.73. The third kappa shape index (κ3) is 3.02. The smallest absolute Gasteiger partial charge is 0.00813 e. The Labute approximate surface area is 117 Å². The third-order valence-electron chi connectivity index (χ3n) is 5.17. The van der Waals surface area contributed by atoms with E-state index in [1.165, 1.54) is 44.1 Å². The van der Waals surface area contributed by atoms with Gasteiger partial charge in [0.05, 0.1) is 0 Å². The molecule has 2 aliphatic rings. The summed E-state index contributed by atoms with van der Waals surface area (Å²) in [6.45, 7) is 4.66. The van der Waals surface area contributed by atoms with E-state index in [0.29, 0.717) is 0 Å². The molecular formula is C18H27N. The van der Waals surface area contributed by atoms with Crippen molar-refractivity contribution < 1.29 is 0 Å². The summed E-state index contributed by atoms with van der Waals surface area (Å²) in [6, 6.07) is 10.5. The zero-order valence-electron chi connectivity index (χ0n) is 12.4. The molecule has 1 aromatic carbocycles. The van der Waals surface area contributed by atoms with E-state index in [1.807, 2.05) is 0 Å². The van der Waals surface area contributed by atoms with Gasteiger partial charge < -0.3 is 5.32 Å². The maximum absolute atomic E-state index is 3.90. The molecule has 2 saturated carbocycles. The summed E-state index contributed by atoms with van der Waals surface area (Å²) >= 11 is 0. The molecule has 1 aromatic rings. The van der Waals surface area contributed by atoms with E-state index in [1.54, 1.807) is 5.56 Å². The molecule has 2 unspecified atom stereocenters. The molecule has 1 nitrogen and oxygen atoms in total. The maximum atomic E-state index is 3.90. The van der Waals surface area contributed by atoms with E-state index >= 15 is 0 Å². The van der Waals surface area contributed by atoms with Gasteiger partial charge in [-0.1, -0.05) is 44.0 Å². The van der Waals surface area contributed by atoms with Crippen molar-refractivity contribution in [3.8, 4) is 0 Å². The zero-order valence-corrected chi connectivity index (χ0v) is 12.4. The van der Waals surface area contributed by atoms with Crippen LogP contribution in [-0.4, -0.2) is 12.1 Å². The van der Waals surface area contributed by atoms with E-state index in [9.17, 15) is 0 Å². The minimum absolute atomic E-state index is 0.778. The molecule has 0 spiro atoms. The summed E-state index contributed by atoms with van der Waals surface area (Å²) < 4.78 is 0. The average molecular weight is 257 g/mol. The number of hydrogen-bond acceptors (Lipinski definition) is 1. The Balaban J connectivity index is 1.49. The van der Waals surface area contributed by atoms with Gasteiger partial charge in [-0.05, 0) is 55.6 Å². The molecule has 19 heavy (non-hydrogen) atoms. The van der Waals surface area contributed by atoms with Crippen molar-refractivity contribution in [2.45, 2.75) is 70.4 Å². The van der Waals surface area contributed by atoms with Crippen molar-refractivity contribution in [3.63, 3.8) is 0 Å². The van der Waals surface area contributed by atoms with Gasteiger partial charge in [0.25, 0.3) is 0 Å². The fraction of sp³-hybridized carbons (Fsp3) is 0.667. The lowest BCUT2D eigenvalue weighted by atomic mass is 9.73. The predicted molar refractivity (Wildman–Crippen MR) is 81.5 cm³/mol. The zero-order chi connectivity index (χ0) is 13.2. The average Bonchev–Trinajstić information content (AvgIpc) is 2.35. The number of hydrogen-bond donors (Lipinski definition) is 1. The molecule has 2 atom stereocenters. The summed E-state index contributed by atoms with van der Waals surface area (Å²) in [7, 11) is 0. The van der Waals surface area contributed by atoms with Crippen LogP contribution in [0.3, 0.4) is 0 Å². The van der Waals surface area contributed by atoms with Gasteiger partial charge in [0.2, 0.25) is 0 Å². The van der Waals surface area contributed by atoms with Crippen LogP contribution in [-0.2, 0) is 0 Å². The molecule has 0 amide bonds. The normalized spacial score (nSPS) is 34.8. The highest BCUT2D eigenvalue weighted by Gasteiger charge is 2.33. The number of aryl methyl sites for hydroxylation is 1. The van der Waals surface area contributed by atoms with Crippen LogP contribution in [0.2, 0.25) is 0 Å². The molecular weight excluding hydrogens is 230 g/mol. The summed E-state index contributed by atoms with van der Waals surface area (Å²) in [5.41, 5.74) is 3.05. The highest BCUT2D eigenvalue weighted by Crippen LogP contribution is 2.39. The fourth-order valence-corrected chi connectivity index (χ4v) is 3.97. The standard InChI is InChI=1S/C18H27N/c1-13-6-5-8-16(10-13)19-17-11-15(12-17)18-9-4-3-7-14(18)2/h3-4,7,9,13,15-17,19H,5-6,8,10-12H2,1-2H3. The van der Waals surface area contributed by atoms with Crippen LogP contribution in [0, 0.1) is 12.8 Å². The molecule has 1 N–H and O–H groups in total. The molecule has 2 aliphatic carbocycles. The maximum Gasteiger partial charge on any atom is 0.00813 e. The third-order valence-corrected chi connectivity index (χ3v) is 5.17. The Bertz CT molecular complexity index is 419. The minimum Gasteiger partial charge on any atom is -0.311 e. The molecule has 0 saturated heterocycles. The van der Waals surface area contributed by atoms with Crippen LogP contribution in [0.25, 0.3) is 0 Å². The topological polar surface area (TPSA) is 12.0 Å². The molecule has 0 aliphatic heterocycles. The summed E-state index contributed by atoms with van der Waals surface area (Å²) in [4.78, 5) is 0. The first-order valence-corrected chi connectivity index (χ1v) is 8.04. The van der Waals surface area contributed by atoms with Gasteiger partial charge in [0, 0.05) is 12.1 Å². The minimum atomic E-state index is 0.778. The lowest BCUT2D eigenvalue weighted by Gasteiger charge is -2.41. The lowest BCUT2D eigenvalue weighted by molar-refractivity contribution is 0.217. The monoisotopic (exact) mass is 257 g/mol. The first-order chi connectivity index (χ1) is 9.22. The SMILES string of the molecule is Cc1ccccc1C1CC(NC2CCCC(C)C2)C1. The summed E-state index contributed by atoms with van der Waals surface area (Å²) in [6.07, 6.45) is 8.34. The van der Waals surface area contributed by atoms with Crippen molar-refractivity contribution >= 4 is 0 Å². The second kappa shape index (κ2) is 5.66. The van der Waals surface area contributed by atoms with Crippen LogP contribution >= 0.6 is 0 Å². The summed E-state index contributed by atoms with van der Waals surface area (Å²) in [5, 5.41) is 3.90. The Hall–Kier alpha value is -0.820. The van der Waals surface area contributed by atoms with E-state index in [-0.39, 0.29) is 0 Å². The first-order valence-electron chi connectivity index (χ1n) is 8.04. The van der Waals surface area contributed by atoms with E-state index in [2.05, 4.69) is 43.4 Å². The van der Waals surface area contributed by atoms with E-state index in [4.69, 9.17) is 0 Å². The quantitative estimate of drug-likeness (QED) is 0.845. The fourth-order valence-electron chi connectivity index (χ4n) is 3.97. The van der Waals surface area contributed by atoms with Crippen LogP contribution in [0.5, 0.6) is 0 Å². The second-order valence-corrected chi connectivity index (χ2v) is 6.86. The van der Waals surface area contributed by atoms with E-state index in [0.717, 1.165) is 23.9 Å². The molecule has 104 valence electrons. The molecule has 0 radical (unpaired) electrons. The van der Waals surface area contributed by atoms with Crippen LogP contribution in [0.1, 0.15) is 62.5 Å². The highest BCUT2D eigenvalue weighted by molar-refractivity contribution is 5.31. The van der Waals surface area contributed by atoms with E-state index < -0.39 is 0 Å². The largest absolute Gasteiger partial charge is 0.311 e. The second-order valence-electron chi connectivity index (χ2n) is 6.86. The number of nitrogens with one attached hydrogen (secondary N) is 1. The Morgan fingerprint density at radius 2 is 1.79 bits per heavy atom. The Morgan fingerprint density at radius 1 is 1.00 bits per heavy atom. The van der Waals surface area contributed by atoms with Crippen LogP contribution < -0.4 is 5.32 Å². The number of rotatable bonds is 3. The van der Waals surface area contributed by atoms with Gasteiger partial charge in [0.15, 0.2) is 0 Å². The van der Waals surface area contributed by atoms with Gasteiger partial charge in [0.1, 0.15) is 0 Å². The molecule has 0 aromatic heterocycles. The van der Waals surface area contributed by atoms with Crippen LogP contribution in [0.15, 0.2) is 24.3 Å². The first kappa shape index (κ1) is 13.2. The van der Waals surface area contributed by atoms with Gasteiger partial charge in [-0.25, -0.2) is 0 Å². The molecule has 0 heterocycles. The Morgan fingerprint density at radius 3 is 2.53 bits per heavy atom. The molecule has 0 bridgehead atoms. The Kier molecular flexibility index (Phi) is 3.93. The molecule has 2 fully saturated rings. The number of benzene rings is 1. The van der Waals surface area contributed by atoms with Crippen molar-refractivity contribution in [3.05, 3.63) is 35.4 Å². The van der Waals surface area contributed by atoms with Crippen LogP contribution in [0.4, 0.5) is 0 Å². The highest BCUT2D eigenvalue weighted by atomic mass is 15.0. The van der Waals surface area contributed by atoms with Gasteiger partial charge >= 0.3 is 0 Å². The lowest BCUT2D eigenvalue weighted by Crippen LogP contribution is -2.47. The van der Waals surface area contributed by atoms with Crippen molar-refractivity contribution in [1.82, 2.24) is 5.32 Å². The molecule has 3 rings (SSSR count). The van der Waals surface area contributed by atoms with Crippen molar-refractivity contribution in [2.75, 3.05) is 0 Å². The van der Waals surface area contributed by atoms with Gasteiger partial charge in [-0.15, -0.1) is 0 Å².